The van der Waals surface area contributed by atoms with Crippen LogP contribution in [0.1, 0.15) is 56.9 Å². The van der Waals surface area contributed by atoms with E-state index in [2.05, 4.69) is 79.4 Å². The summed E-state index contributed by atoms with van der Waals surface area (Å²) < 4.78 is 15.6. The Kier molecular flexibility index (Phi) is 9.27. The zero-order chi connectivity index (χ0) is 20.4. The lowest BCUT2D eigenvalue weighted by molar-refractivity contribution is 0.277. The predicted molar refractivity (Wildman–Crippen MR) is 118 cm³/mol. The maximum Gasteiger partial charge on any atom is 0.559 e. The second-order valence-electron chi connectivity index (χ2n) is 7.74. The molecule has 0 atom stereocenters. The van der Waals surface area contributed by atoms with E-state index in [9.17, 15) is 0 Å². The van der Waals surface area contributed by atoms with Crippen molar-refractivity contribution in [1.82, 2.24) is 5.32 Å². The highest BCUT2D eigenvalue weighted by Crippen LogP contribution is 2.29. The summed E-state index contributed by atoms with van der Waals surface area (Å²) in [6.07, 6.45) is 0. The Balaban J connectivity index is 1.81. The van der Waals surface area contributed by atoms with Gasteiger partial charge in [-0.3, -0.25) is 0 Å². The molecule has 0 heterocycles. The third kappa shape index (κ3) is 7.81. The summed E-state index contributed by atoms with van der Waals surface area (Å²) >= 11 is 0. The fourth-order valence-corrected chi connectivity index (χ4v) is 3.67. The summed E-state index contributed by atoms with van der Waals surface area (Å²) in [5, 5.41) is 3.52. The van der Waals surface area contributed by atoms with Crippen molar-refractivity contribution in [3.8, 4) is 0 Å². The van der Waals surface area contributed by atoms with Crippen LogP contribution in [0.2, 0.25) is 0 Å². The van der Waals surface area contributed by atoms with E-state index in [1.165, 1.54) is 22.3 Å². The van der Waals surface area contributed by atoms with Crippen LogP contribution in [0.5, 0.6) is 0 Å². The number of hydrogen-bond acceptors (Lipinski definition) is 4. The van der Waals surface area contributed by atoms with Gasteiger partial charge in [0.05, 0.1) is 0 Å². The predicted octanol–water partition coefficient (Wildman–Crippen LogP) is 6.34. The van der Waals surface area contributed by atoms with Gasteiger partial charge in [0.1, 0.15) is 19.8 Å². The average Bonchev–Trinajstić information content (AvgIpc) is 2.67. The molecule has 0 fully saturated rings. The number of hydrogen-bond donors (Lipinski definition) is 1. The highest BCUT2D eigenvalue weighted by molar-refractivity contribution is 7.36. The Hall–Kier alpha value is -1.58. The fraction of sp³-hybridized carbons (Fsp3) is 0.478. The van der Waals surface area contributed by atoms with Gasteiger partial charge >= 0.3 is 8.17 Å². The second kappa shape index (κ2) is 11.4. The van der Waals surface area contributed by atoms with Crippen molar-refractivity contribution in [3.05, 3.63) is 70.8 Å². The van der Waals surface area contributed by atoms with Crippen LogP contribution in [0.15, 0.2) is 53.3 Å². The lowest BCUT2D eigenvalue weighted by Crippen LogP contribution is -2.14. The van der Waals surface area contributed by atoms with E-state index in [0.29, 0.717) is 19.8 Å². The van der Waals surface area contributed by atoms with Gasteiger partial charge in [0.2, 0.25) is 0 Å². The van der Waals surface area contributed by atoms with Crippen LogP contribution in [-0.2, 0) is 34.1 Å². The van der Waals surface area contributed by atoms with Crippen LogP contribution in [0, 0.1) is 0 Å². The Morgan fingerprint density at radius 2 is 1.25 bits per heavy atom. The topological polar surface area (TPSA) is 42.8 Å². The van der Waals surface area contributed by atoms with E-state index < -0.39 is 8.17 Å². The van der Waals surface area contributed by atoms with Crippen molar-refractivity contribution < 1.29 is 9.05 Å². The van der Waals surface area contributed by atoms with Crippen molar-refractivity contribution in [2.24, 2.45) is 4.74 Å². The van der Waals surface area contributed by atoms with Crippen molar-refractivity contribution in [3.63, 3.8) is 0 Å². The Morgan fingerprint density at radius 1 is 0.786 bits per heavy atom. The molecule has 0 aromatic heterocycles. The van der Waals surface area contributed by atoms with Crippen LogP contribution < -0.4 is 5.32 Å². The molecule has 0 bridgehead atoms. The van der Waals surface area contributed by atoms with Crippen LogP contribution in [-0.4, -0.2) is 13.2 Å². The largest absolute Gasteiger partial charge is 0.559 e. The number of nitrogens with one attached hydrogen (secondary N) is 1. The SMILES string of the molecule is CCO[P+](=NCc1ccc(CNCc2ccc(C(C)(C)C)cc2)cc1)OCC. The molecule has 0 radical (unpaired) electrons. The normalized spacial score (nSPS) is 11.5. The average molecular weight is 402 g/mol. The van der Waals surface area contributed by atoms with Gasteiger partial charge in [-0.2, -0.15) is 0 Å². The molecular weight excluding hydrogens is 367 g/mol. The molecule has 0 aliphatic rings. The van der Waals surface area contributed by atoms with Crippen LogP contribution in [0.3, 0.4) is 0 Å². The van der Waals surface area contributed by atoms with Crippen molar-refractivity contribution >= 4 is 8.17 Å². The smallest absolute Gasteiger partial charge is 0.309 e. The first kappa shape index (κ1) is 22.7. The zero-order valence-electron chi connectivity index (χ0n) is 17.9. The molecule has 0 saturated carbocycles. The molecule has 28 heavy (non-hydrogen) atoms. The molecule has 5 heteroatoms. The highest BCUT2D eigenvalue weighted by Gasteiger charge is 2.15. The fourth-order valence-electron chi connectivity index (χ4n) is 2.72. The van der Waals surface area contributed by atoms with Crippen LogP contribution in [0.4, 0.5) is 0 Å². The van der Waals surface area contributed by atoms with Crippen LogP contribution in [0.25, 0.3) is 0 Å². The highest BCUT2D eigenvalue weighted by atomic mass is 31.1. The minimum absolute atomic E-state index is 0.201. The van der Waals surface area contributed by atoms with Crippen molar-refractivity contribution in [2.75, 3.05) is 13.2 Å². The minimum Gasteiger partial charge on any atom is -0.309 e. The first-order chi connectivity index (χ1) is 13.4. The Morgan fingerprint density at radius 3 is 1.71 bits per heavy atom. The lowest BCUT2D eigenvalue weighted by Gasteiger charge is -2.19. The lowest BCUT2D eigenvalue weighted by atomic mass is 9.87. The summed E-state index contributed by atoms with van der Waals surface area (Å²) in [5.74, 6) is 0. The standard InChI is InChI=1S/C23H34N2O2P/c1-6-26-28(27-7-2)25-18-21-10-8-19(9-11-21)16-24-17-20-12-14-22(15-13-20)23(3,4)5/h8-15,24H,6-7,16-18H2,1-5H3/q+1. The summed E-state index contributed by atoms with van der Waals surface area (Å²) in [6.45, 7) is 14.2. The molecule has 0 amide bonds. The maximum absolute atomic E-state index is 5.51. The van der Waals surface area contributed by atoms with E-state index >= 15 is 0 Å². The Bertz CT molecular complexity index is 727. The molecule has 1 N–H and O–H groups in total. The third-order valence-electron chi connectivity index (χ3n) is 4.35. The molecule has 0 saturated heterocycles. The van der Waals surface area contributed by atoms with Gasteiger partial charge in [0.25, 0.3) is 0 Å². The van der Waals surface area contributed by atoms with Gasteiger partial charge in [-0.1, -0.05) is 69.3 Å². The van der Waals surface area contributed by atoms with Gasteiger partial charge in [-0.25, -0.2) is 0 Å². The Labute approximate surface area is 171 Å². The van der Waals surface area contributed by atoms with Gasteiger partial charge in [0.15, 0.2) is 0 Å². The van der Waals surface area contributed by atoms with E-state index in [1.54, 1.807) is 0 Å². The quantitative estimate of drug-likeness (QED) is 0.472. The monoisotopic (exact) mass is 401 g/mol. The molecule has 2 aromatic carbocycles. The second-order valence-corrected chi connectivity index (χ2v) is 9.01. The first-order valence-electron chi connectivity index (χ1n) is 10.0. The zero-order valence-corrected chi connectivity index (χ0v) is 18.8. The molecule has 0 aliphatic heterocycles. The van der Waals surface area contributed by atoms with Gasteiger partial charge in [0, 0.05) is 13.1 Å². The molecule has 152 valence electrons. The summed E-state index contributed by atoms with van der Waals surface area (Å²) in [7, 11) is -1.12. The molecular formula is C23H34N2O2P+. The summed E-state index contributed by atoms with van der Waals surface area (Å²) in [6, 6.07) is 17.5. The summed E-state index contributed by atoms with van der Waals surface area (Å²) in [5.41, 5.74) is 5.32. The van der Waals surface area contributed by atoms with E-state index in [1.807, 2.05) is 13.8 Å². The molecule has 0 spiro atoms. The van der Waals surface area contributed by atoms with Crippen molar-refractivity contribution in [1.29, 1.82) is 0 Å². The molecule has 2 aromatic rings. The summed E-state index contributed by atoms with van der Waals surface area (Å²) in [4.78, 5) is 0. The van der Waals surface area contributed by atoms with Gasteiger partial charge in [-0.05, 0) is 46.3 Å². The first-order valence-corrected chi connectivity index (χ1v) is 11.2. The van der Waals surface area contributed by atoms with Crippen molar-refractivity contribution in [2.45, 2.75) is 59.7 Å². The number of benzene rings is 2. The van der Waals surface area contributed by atoms with Gasteiger partial charge in [-0.15, -0.1) is 9.05 Å². The molecule has 4 nitrogen and oxygen atoms in total. The molecule has 0 unspecified atom stereocenters. The minimum atomic E-state index is -1.12. The van der Waals surface area contributed by atoms with E-state index in [-0.39, 0.29) is 5.41 Å². The van der Waals surface area contributed by atoms with Crippen LogP contribution >= 0.6 is 8.17 Å². The maximum atomic E-state index is 5.51. The third-order valence-corrected chi connectivity index (χ3v) is 5.68. The number of nitrogens with zero attached hydrogens (tertiary/aromatic N) is 1. The molecule has 2 rings (SSSR count). The van der Waals surface area contributed by atoms with E-state index in [4.69, 9.17) is 9.05 Å². The van der Waals surface area contributed by atoms with E-state index in [0.717, 1.165) is 13.1 Å². The number of rotatable bonds is 10. The van der Waals surface area contributed by atoms with Gasteiger partial charge < -0.3 is 5.32 Å². The molecule has 0 aliphatic carbocycles.